The van der Waals surface area contributed by atoms with Crippen molar-refractivity contribution >= 4 is 28.9 Å². The summed E-state index contributed by atoms with van der Waals surface area (Å²) in [7, 11) is 0. The van der Waals surface area contributed by atoms with Gasteiger partial charge >= 0.3 is 5.97 Å². The van der Waals surface area contributed by atoms with Crippen LogP contribution in [-0.4, -0.2) is 16.1 Å². The summed E-state index contributed by atoms with van der Waals surface area (Å²) in [6, 6.07) is 5.42. The predicted molar refractivity (Wildman–Crippen MR) is 70.6 cm³/mol. The molecule has 2 rings (SSSR count). The minimum absolute atomic E-state index is 0.0194. The van der Waals surface area contributed by atoms with Gasteiger partial charge < -0.3 is 10.4 Å². The maximum absolute atomic E-state index is 12.9. The number of anilines is 2. The van der Waals surface area contributed by atoms with Crippen molar-refractivity contribution in [1.82, 2.24) is 4.98 Å². The molecule has 0 amide bonds. The van der Waals surface area contributed by atoms with E-state index in [-0.39, 0.29) is 10.6 Å². The molecule has 0 saturated carbocycles. The molecule has 19 heavy (non-hydrogen) atoms. The molecule has 0 atom stereocenters. The van der Waals surface area contributed by atoms with Gasteiger partial charge in [0.25, 0.3) is 0 Å². The van der Waals surface area contributed by atoms with Gasteiger partial charge in [-0.2, -0.15) is 0 Å². The van der Waals surface area contributed by atoms with Crippen molar-refractivity contribution in [2.75, 3.05) is 5.32 Å². The van der Waals surface area contributed by atoms with Crippen molar-refractivity contribution in [2.45, 2.75) is 6.92 Å². The summed E-state index contributed by atoms with van der Waals surface area (Å²) < 4.78 is 12.9. The van der Waals surface area contributed by atoms with Crippen LogP contribution in [0.15, 0.2) is 30.5 Å². The average Bonchev–Trinajstić information content (AvgIpc) is 2.32. The molecule has 6 heteroatoms. The maximum atomic E-state index is 12.9. The molecule has 0 aliphatic heterocycles. The van der Waals surface area contributed by atoms with Crippen LogP contribution in [0.1, 0.15) is 16.1 Å². The van der Waals surface area contributed by atoms with Crippen molar-refractivity contribution in [1.29, 1.82) is 0 Å². The number of hydrogen-bond donors (Lipinski definition) is 2. The molecule has 2 N–H and O–H groups in total. The molecule has 1 aromatic heterocycles. The van der Waals surface area contributed by atoms with Crippen molar-refractivity contribution in [2.24, 2.45) is 0 Å². The second kappa shape index (κ2) is 5.24. The highest BCUT2D eigenvalue weighted by atomic mass is 35.5. The third-order valence-corrected chi connectivity index (χ3v) is 2.78. The van der Waals surface area contributed by atoms with Crippen LogP contribution in [0.4, 0.5) is 15.8 Å². The van der Waals surface area contributed by atoms with Crippen LogP contribution in [0.5, 0.6) is 0 Å². The highest BCUT2D eigenvalue weighted by molar-refractivity contribution is 6.33. The molecule has 1 aromatic carbocycles. The van der Waals surface area contributed by atoms with E-state index < -0.39 is 11.8 Å². The van der Waals surface area contributed by atoms with Crippen molar-refractivity contribution < 1.29 is 14.3 Å². The fourth-order valence-electron chi connectivity index (χ4n) is 1.57. The van der Waals surface area contributed by atoms with E-state index in [0.717, 1.165) is 6.07 Å². The molecule has 0 saturated heterocycles. The lowest BCUT2D eigenvalue weighted by Gasteiger charge is -2.11. The molecule has 0 spiro atoms. The van der Waals surface area contributed by atoms with E-state index >= 15 is 0 Å². The number of hydrogen-bond acceptors (Lipinski definition) is 3. The first-order valence-electron chi connectivity index (χ1n) is 5.39. The fourth-order valence-corrected chi connectivity index (χ4v) is 1.78. The summed E-state index contributed by atoms with van der Waals surface area (Å²) in [4.78, 5) is 15.0. The number of rotatable bonds is 3. The van der Waals surface area contributed by atoms with Gasteiger partial charge in [0.05, 0.1) is 16.4 Å². The molecule has 1 heterocycles. The Labute approximate surface area is 113 Å². The molecule has 4 nitrogen and oxygen atoms in total. The topological polar surface area (TPSA) is 62.2 Å². The number of aromatic nitrogens is 1. The molecular formula is C13H10ClFN2O2. The number of carboxylic acid groups (broad SMARTS) is 1. The van der Waals surface area contributed by atoms with Crippen molar-refractivity contribution in [3.8, 4) is 0 Å². The summed E-state index contributed by atoms with van der Waals surface area (Å²) in [5.74, 6) is -1.56. The normalized spacial score (nSPS) is 10.3. The minimum atomic E-state index is -1.10. The Balaban J connectivity index is 2.42. The first kappa shape index (κ1) is 13.3. The summed E-state index contributed by atoms with van der Waals surface area (Å²) in [6.07, 6.45) is 1.26. The number of halogens is 2. The highest BCUT2D eigenvalue weighted by Gasteiger charge is 2.12. The summed E-state index contributed by atoms with van der Waals surface area (Å²) >= 11 is 5.89. The third kappa shape index (κ3) is 3.00. The molecule has 98 valence electrons. The molecular weight excluding hydrogens is 271 g/mol. The van der Waals surface area contributed by atoms with E-state index in [1.54, 1.807) is 13.0 Å². The SMILES string of the molecule is Cc1cc(Nc2ccc(F)cc2Cl)c(C(=O)O)cn1. The molecule has 0 bridgehead atoms. The number of nitrogens with zero attached hydrogens (tertiary/aromatic N) is 1. The van der Waals surface area contributed by atoms with Gasteiger partial charge in [-0.3, -0.25) is 4.98 Å². The monoisotopic (exact) mass is 280 g/mol. The van der Waals surface area contributed by atoms with Crippen LogP contribution in [0.3, 0.4) is 0 Å². The largest absolute Gasteiger partial charge is 0.478 e. The zero-order valence-electron chi connectivity index (χ0n) is 9.95. The lowest BCUT2D eigenvalue weighted by atomic mass is 10.2. The Hall–Kier alpha value is -2.14. The van der Waals surface area contributed by atoms with Crippen molar-refractivity contribution in [3.05, 3.63) is 52.6 Å². The summed E-state index contributed by atoms with van der Waals surface area (Å²) in [6.45, 7) is 1.74. The van der Waals surface area contributed by atoms with Gasteiger partial charge in [-0.15, -0.1) is 0 Å². The van der Waals surface area contributed by atoms with E-state index in [1.165, 1.54) is 18.3 Å². The Morgan fingerprint density at radius 1 is 1.37 bits per heavy atom. The fraction of sp³-hybridized carbons (Fsp3) is 0.0769. The standard InChI is InChI=1S/C13H10ClFN2O2/c1-7-4-12(9(6-16-7)13(18)19)17-11-3-2-8(15)5-10(11)14/h2-6H,1H3,(H,16,17)(H,18,19). The molecule has 0 fully saturated rings. The quantitative estimate of drug-likeness (QED) is 0.901. The summed E-state index contributed by atoms with van der Waals surface area (Å²) in [5.41, 5.74) is 1.46. The van der Waals surface area contributed by atoms with E-state index in [9.17, 15) is 9.18 Å². The van der Waals surface area contributed by atoms with Crippen LogP contribution in [0, 0.1) is 12.7 Å². The predicted octanol–water partition coefficient (Wildman–Crippen LogP) is 3.62. The minimum Gasteiger partial charge on any atom is -0.478 e. The molecule has 0 aliphatic carbocycles. The van der Waals surface area contributed by atoms with Gasteiger partial charge in [-0.25, -0.2) is 9.18 Å². The second-order valence-electron chi connectivity index (χ2n) is 3.93. The van der Waals surface area contributed by atoms with E-state index in [4.69, 9.17) is 16.7 Å². The molecule has 0 unspecified atom stereocenters. The van der Waals surface area contributed by atoms with Crippen LogP contribution < -0.4 is 5.32 Å². The Morgan fingerprint density at radius 2 is 2.11 bits per heavy atom. The van der Waals surface area contributed by atoms with Crippen LogP contribution >= 0.6 is 11.6 Å². The smallest absolute Gasteiger partial charge is 0.339 e. The number of nitrogens with one attached hydrogen (secondary N) is 1. The van der Waals surface area contributed by atoms with Gasteiger partial charge in [0.15, 0.2) is 0 Å². The first-order valence-corrected chi connectivity index (χ1v) is 5.77. The van der Waals surface area contributed by atoms with Gasteiger partial charge in [-0.1, -0.05) is 11.6 Å². The van der Waals surface area contributed by atoms with Crippen molar-refractivity contribution in [3.63, 3.8) is 0 Å². The highest BCUT2D eigenvalue weighted by Crippen LogP contribution is 2.28. The first-order chi connectivity index (χ1) is 8.97. The Kier molecular flexibility index (Phi) is 3.66. The number of aromatic carboxylic acids is 1. The van der Waals surface area contributed by atoms with E-state index in [1.807, 2.05) is 0 Å². The second-order valence-corrected chi connectivity index (χ2v) is 4.33. The van der Waals surface area contributed by atoms with Gasteiger partial charge in [0.1, 0.15) is 11.4 Å². The summed E-state index contributed by atoms with van der Waals surface area (Å²) in [5, 5.41) is 12.1. The lowest BCUT2D eigenvalue weighted by Crippen LogP contribution is -2.04. The zero-order valence-corrected chi connectivity index (χ0v) is 10.7. The van der Waals surface area contributed by atoms with Gasteiger partial charge in [0.2, 0.25) is 0 Å². The average molecular weight is 281 g/mol. The maximum Gasteiger partial charge on any atom is 0.339 e. The Morgan fingerprint density at radius 3 is 2.74 bits per heavy atom. The number of pyridine rings is 1. The lowest BCUT2D eigenvalue weighted by molar-refractivity contribution is 0.0697. The van der Waals surface area contributed by atoms with Crippen LogP contribution in [0.25, 0.3) is 0 Å². The number of carboxylic acids is 1. The van der Waals surface area contributed by atoms with Crippen LogP contribution in [-0.2, 0) is 0 Å². The number of benzene rings is 1. The number of carbonyl (C=O) groups is 1. The number of aryl methyl sites for hydroxylation is 1. The van der Waals surface area contributed by atoms with Gasteiger partial charge in [0, 0.05) is 11.9 Å². The zero-order chi connectivity index (χ0) is 14.0. The van der Waals surface area contributed by atoms with E-state index in [2.05, 4.69) is 10.3 Å². The molecule has 0 aliphatic rings. The van der Waals surface area contributed by atoms with Gasteiger partial charge in [-0.05, 0) is 31.2 Å². The molecule has 0 radical (unpaired) electrons. The third-order valence-electron chi connectivity index (χ3n) is 2.47. The molecule has 2 aromatic rings. The van der Waals surface area contributed by atoms with E-state index in [0.29, 0.717) is 17.1 Å². The Bertz CT molecular complexity index is 647. The van der Waals surface area contributed by atoms with Crippen LogP contribution in [0.2, 0.25) is 5.02 Å².